The van der Waals surface area contributed by atoms with Crippen LogP contribution in [0.25, 0.3) is 0 Å². The van der Waals surface area contributed by atoms with Gasteiger partial charge in [0, 0.05) is 22.1 Å². The molecule has 0 N–H and O–H groups in total. The molecule has 3 nitrogen and oxygen atoms in total. The van der Waals surface area contributed by atoms with E-state index in [1.165, 1.54) is 13.8 Å². The quantitative estimate of drug-likeness (QED) is 0.841. The van der Waals surface area contributed by atoms with Gasteiger partial charge in [-0.15, -0.1) is 0 Å². The zero-order valence-corrected chi connectivity index (χ0v) is 13.2. The summed E-state index contributed by atoms with van der Waals surface area (Å²) in [5.41, 5.74) is 1.90. The number of ketones is 2. The minimum Gasteiger partial charge on any atom is -0.466 e. The standard InChI is InChI=1S/C17H17ClO3/c1-9(19)15-11(3)21-12(4)16(10(2)20)17(15)13-5-7-14(18)8-6-13/h5-8,17H,1-4H3. The van der Waals surface area contributed by atoms with E-state index < -0.39 is 5.92 Å². The maximum Gasteiger partial charge on any atom is 0.160 e. The summed E-state index contributed by atoms with van der Waals surface area (Å²) in [5.74, 6) is 0.498. The summed E-state index contributed by atoms with van der Waals surface area (Å²) in [6.07, 6.45) is 0. The van der Waals surface area contributed by atoms with Crippen LogP contribution in [0.5, 0.6) is 0 Å². The van der Waals surface area contributed by atoms with Crippen LogP contribution in [0.15, 0.2) is 46.9 Å². The molecule has 1 aromatic carbocycles. The fourth-order valence-corrected chi connectivity index (χ4v) is 2.91. The molecular formula is C17H17ClO3. The van der Waals surface area contributed by atoms with E-state index in [1.807, 2.05) is 12.1 Å². The number of allylic oxidation sites excluding steroid dienone is 4. The van der Waals surface area contributed by atoms with Gasteiger partial charge in [0.05, 0.1) is 0 Å². The molecule has 0 atom stereocenters. The van der Waals surface area contributed by atoms with Crippen molar-refractivity contribution in [3.8, 4) is 0 Å². The van der Waals surface area contributed by atoms with E-state index in [4.69, 9.17) is 16.3 Å². The van der Waals surface area contributed by atoms with Gasteiger partial charge in [0.15, 0.2) is 11.6 Å². The van der Waals surface area contributed by atoms with Crippen molar-refractivity contribution in [2.45, 2.75) is 33.6 Å². The zero-order valence-electron chi connectivity index (χ0n) is 12.5. The van der Waals surface area contributed by atoms with E-state index >= 15 is 0 Å². The average molecular weight is 305 g/mol. The van der Waals surface area contributed by atoms with Crippen LogP contribution in [-0.4, -0.2) is 11.6 Å². The number of Topliss-reactive ketones (excluding diaryl/α,β-unsaturated/α-hetero) is 2. The summed E-state index contributed by atoms with van der Waals surface area (Å²) >= 11 is 5.92. The number of hydrogen-bond acceptors (Lipinski definition) is 3. The SMILES string of the molecule is CC(=O)C1=C(C)OC(C)=C(C(C)=O)C1c1ccc(Cl)cc1. The van der Waals surface area contributed by atoms with Gasteiger partial charge in [-0.25, -0.2) is 0 Å². The molecule has 0 bridgehead atoms. The molecule has 0 amide bonds. The molecule has 0 saturated heterocycles. The third-order valence-electron chi connectivity index (χ3n) is 3.60. The topological polar surface area (TPSA) is 43.4 Å². The van der Waals surface area contributed by atoms with Crippen LogP contribution in [0.4, 0.5) is 0 Å². The third kappa shape index (κ3) is 2.93. The van der Waals surface area contributed by atoms with E-state index in [0.717, 1.165) is 5.56 Å². The number of carbonyl (C=O) groups is 2. The summed E-state index contributed by atoms with van der Waals surface area (Å²) in [6, 6.07) is 7.19. The van der Waals surface area contributed by atoms with Gasteiger partial charge in [-0.05, 0) is 45.4 Å². The fourth-order valence-electron chi connectivity index (χ4n) is 2.78. The van der Waals surface area contributed by atoms with Crippen molar-refractivity contribution in [1.82, 2.24) is 0 Å². The Hall–Kier alpha value is -1.87. The molecule has 0 radical (unpaired) electrons. The summed E-state index contributed by atoms with van der Waals surface area (Å²) in [7, 11) is 0. The van der Waals surface area contributed by atoms with Crippen molar-refractivity contribution in [2.24, 2.45) is 0 Å². The Morgan fingerprint density at radius 2 is 1.38 bits per heavy atom. The van der Waals surface area contributed by atoms with Gasteiger partial charge in [-0.3, -0.25) is 9.59 Å². The molecule has 1 heterocycles. The molecular weight excluding hydrogens is 288 g/mol. The van der Waals surface area contributed by atoms with E-state index in [0.29, 0.717) is 27.7 Å². The number of rotatable bonds is 3. The molecule has 0 saturated carbocycles. The van der Waals surface area contributed by atoms with Gasteiger partial charge >= 0.3 is 0 Å². The minimum atomic E-state index is -0.397. The lowest BCUT2D eigenvalue weighted by molar-refractivity contribution is -0.114. The van der Waals surface area contributed by atoms with E-state index in [2.05, 4.69) is 0 Å². The highest BCUT2D eigenvalue weighted by Crippen LogP contribution is 2.41. The summed E-state index contributed by atoms with van der Waals surface area (Å²) in [5, 5.41) is 0.612. The average Bonchev–Trinajstić information content (AvgIpc) is 2.37. The lowest BCUT2D eigenvalue weighted by atomic mass is 9.79. The van der Waals surface area contributed by atoms with Gasteiger partial charge < -0.3 is 4.74 Å². The van der Waals surface area contributed by atoms with E-state index in [-0.39, 0.29) is 11.6 Å². The Balaban J connectivity index is 2.67. The van der Waals surface area contributed by atoms with Gasteiger partial charge in [-0.2, -0.15) is 0 Å². The number of halogens is 1. The van der Waals surface area contributed by atoms with Crippen LogP contribution < -0.4 is 0 Å². The molecule has 1 aromatic rings. The lowest BCUT2D eigenvalue weighted by Crippen LogP contribution is -2.23. The van der Waals surface area contributed by atoms with Gasteiger partial charge in [0.2, 0.25) is 0 Å². The number of hydrogen-bond donors (Lipinski definition) is 0. The molecule has 2 rings (SSSR count). The first kappa shape index (κ1) is 15.5. The minimum absolute atomic E-state index is 0.0984. The molecule has 110 valence electrons. The second-order valence-electron chi connectivity index (χ2n) is 5.14. The number of ether oxygens (including phenoxy) is 1. The molecule has 0 fully saturated rings. The van der Waals surface area contributed by atoms with Crippen LogP contribution in [-0.2, 0) is 14.3 Å². The summed E-state index contributed by atoms with van der Waals surface area (Å²) in [4.78, 5) is 24.1. The maximum absolute atomic E-state index is 12.0. The molecule has 0 aromatic heterocycles. The molecule has 0 unspecified atom stereocenters. The first-order valence-electron chi connectivity index (χ1n) is 6.69. The first-order chi connectivity index (χ1) is 9.82. The summed E-state index contributed by atoms with van der Waals surface area (Å²) < 4.78 is 5.60. The molecule has 21 heavy (non-hydrogen) atoms. The van der Waals surface area contributed by atoms with E-state index in [1.54, 1.807) is 26.0 Å². The van der Waals surface area contributed by atoms with Gasteiger partial charge in [-0.1, -0.05) is 23.7 Å². The van der Waals surface area contributed by atoms with E-state index in [9.17, 15) is 9.59 Å². The molecule has 0 aliphatic carbocycles. The Morgan fingerprint density at radius 3 is 1.76 bits per heavy atom. The van der Waals surface area contributed by atoms with Crippen molar-refractivity contribution >= 4 is 23.2 Å². The molecule has 4 heteroatoms. The van der Waals surface area contributed by atoms with Crippen molar-refractivity contribution in [3.05, 3.63) is 57.5 Å². The third-order valence-corrected chi connectivity index (χ3v) is 3.86. The fraction of sp³-hybridized carbons (Fsp3) is 0.294. The highest BCUT2D eigenvalue weighted by Gasteiger charge is 2.34. The first-order valence-corrected chi connectivity index (χ1v) is 7.07. The Labute approximate surface area is 129 Å². The molecule has 1 aliphatic rings. The van der Waals surface area contributed by atoms with Crippen LogP contribution in [0, 0.1) is 0 Å². The Bertz CT molecular complexity index is 630. The Morgan fingerprint density at radius 1 is 0.952 bits per heavy atom. The zero-order chi connectivity index (χ0) is 15.7. The monoisotopic (exact) mass is 304 g/mol. The van der Waals surface area contributed by atoms with Crippen molar-refractivity contribution < 1.29 is 14.3 Å². The van der Waals surface area contributed by atoms with Gasteiger partial charge in [0.25, 0.3) is 0 Å². The lowest BCUT2D eigenvalue weighted by Gasteiger charge is -2.29. The largest absolute Gasteiger partial charge is 0.466 e. The molecule has 0 spiro atoms. The van der Waals surface area contributed by atoms with Crippen LogP contribution in [0.2, 0.25) is 5.02 Å². The predicted molar refractivity (Wildman–Crippen MR) is 82.0 cm³/mol. The summed E-state index contributed by atoms with van der Waals surface area (Å²) in [6.45, 7) is 6.48. The van der Waals surface area contributed by atoms with Gasteiger partial charge in [0.1, 0.15) is 11.5 Å². The second kappa shape index (κ2) is 5.86. The van der Waals surface area contributed by atoms with Crippen molar-refractivity contribution in [3.63, 3.8) is 0 Å². The molecule has 1 aliphatic heterocycles. The maximum atomic E-state index is 12.0. The predicted octanol–water partition coefficient (Wildman–Crippen LogP) is 4.18. The smallest absolute Gasteiger partial charge is 0.160 e. The van der Waals surface area contributed by atoms with Crippen LogP contribution in [0.3, 0.4) is 0 Å². The highest BCUT2D eigenvalue weighted by molar-refractivity contribution is 6.30. The number of carbonyl (C=O) groups excluding carboxylic acids is 2. The Kier molecular flexibility index (Phi) is 4.33. The highest BCUT2D eigenvalue weighted by atomic mass is 35.5. The van der Waals surface area contributed by atoms with Crippen molar-refractivity contribution in [1.29, 1.82) is 0 Å². The number of benzene rings is 1. The van der Waals surface area contributed by atoms with Crippen LogP contribution >= 0.6 is 11.6 Å². The van der Waals surface area contributed by atoms with Crippen molar-refractivity contribution in [2.75, 3.05) is 0 Å². The normalized spacial score (nSPS) is 16.0. The van der Waals surface area contributed by atoms with Crippen LogP contribution in [0.1, 0.15) is 39.2 Å². The second-order valence-corrected chi connectivity index (χ2v) is 5.58.